The first-order chi connectivity index (χ1) is 29.2. The molecule has 0 radical (unpaired) electrons. The molecule has 10 heteroatoms. The second-order valence-corrected chi connectivity index (χ2v) is 18.2. The smallest absolute Gasteiger partial charge is 0.220 e. The van der Waals surface area contributed by atoms with Gasteiger partial charge in [-0.15, -0.1) is 0 Å². The first-order valence-corrected chi connectivity index (χ1v) is 25.8. The van der Waals surface area contributed by atoms with Crippen molar-refractivity contribution in [3.8, 4) is 0 Å². The number of amides is 1. The first kappa shape index (κ1) is 59.1. The molecule has 360 valence electrons. The molecule has 0 aromatic heterocycles. The zero-order valence-corrected chi connectivity index (χ0v) is 39.3. The van der Waals surface area contributed by atoms with E-state index in [-0.39, 0.29) is 18.7 Å². The lowest BCUT2D eigenvalue weighted by atomic mass is 9.99. The molecule has 0 aliphatic rings. The average Bonchev–Trinajstić information content (AvgIpc) is 3.24. The van der Waals surface area contributed by atoms with Crippen molar-refractivity contribution in [1.29, 1.82) is 0 Å². The Morgan fingerprint density at radius 1 is 0.417 bits per heavy atom. The predicted octanol–water partition coefficient (Wildman–Crippen LogP) is 10.5. The second-order valence-electron chi connectivity index (χ2n) is 18.2. The number of rotatable bonds is 48. The van der Waals surface area contributed by atoms with Gasteiger partial charge in [-0.25, -0.2) is 0 Å². The van der Waals surface area contributed by atoms with E-state index in [0.29, 0.717) is 12.8 Å². The van der Waals surface area contributed by atoms with Gasteiger partial charge in [-0.2, -0.15) is 0 Å². The molecule has 0 aromatic rings. The number of unbranched alkanes of at least 4 members (excludes halogenated alkanes) is 33. The van der Waals surface area contributed by atoms with Crippen LogP contribution in [0.5, 0.6) is 0 Å². The number of ether oxygens (including phenoxy) is 1. The summed E-state index contributed by atoms with van der Waals surface area (Å²) in [5.74, 6) is -0.294. The van der Waals surface area contributed by atoms with Crippen molar-refractivity contribution >= 4 is 5.91 Å². The van der Waals surface area contributed by atoms with Gasteiger partial charge in [0, 0.05) is 13.0 Å². The van der Waals surface area contributed by atoms with Gasteiger partial charge in [-0.1, -0.05) is 232 Å². The van der Waals surface area contributed by atoms with E-state index >= 15 is 0 Å². The maximum Gasteiger partial charge on any atom is 0.220 e. The Bertz CT molecular complexity index is 883. The van der Waals surface area contributed by atoms with E-state index in [1.54, 1.807) is 0 Å². The number of carbonyl (C=O) groups excluding carboxylic acids is 1. The van der Waals surface area contributed by atoms with E-state index in [1.165, 1.54) is 173 Å². The highest BCUT2D eigenvalue weighted by Crippen LogP contribution is 2.18. The Labute approximate surface area is 369 Å². The van der Waals surface area contributed by atoms with Crippen LogP contribution < -0.4 is 5.32 Å². The molecule has 0 bridgehead atoms. The lowest BCUT2D eigenvalue weighted by Crippen LogP contribution is -2.53. The SMILES string of the molecule is CCCCCCCCCCCCCCCCCCCCCCCCCC(=O)N[C@@H](COC(O)C(O)C(O)C(O)CCO)[C@H](O)[C@H](O)CCCCCCCCCCCCCC. The monoisotopic (exact) mass is 860 g/mol. The summed E-state index contributed by atoms with van der Waals surface area (Å²) < 4.78 is 5.35. The summed E-state index contributed by atoms with van der Waals surface area (Å²) in [6.45, 7) is 3.67. The van der Waals surface area contributed by atoms with Crippen LogP contribution in [0, 0.1) is 0 Å². The maximum absolute atomic E-state index is 13.0. The largest absolute Gasteiger partial charge is 0.396 e. The van der Waals surface area contributed by atoms with Crippen LogP contribution >= 0.6 is 0 Å². The summed E-state index contributed by atoms with van der Waals surface area (Å²) >= 11 is 0. The van der Waals surface area contributed by atoms with E-state index in [1.807, 2.05) is 0 Å². The molecule has 1 amide bonds. The highest BCUT2D eigenvalue weighted by molar-refractivity contribution is 5.76. The second kappa shape index (κ2) is 44.7. The fourth-order valence-electron chi connectivity index (χ4n) is 8.21. The van der Waals surface area contributed by atoms with Crippen molar-refractivity contribution in [2.45, 2.75) is 301 Å². The lowest BCUT2D eigenvalue weighted by molar-refractivity contribution is -0.208. The molecular formula is C50H101NO9. The summed E-state index contributed by atoms with van der Waals surface area (Å²) in [5.41, 5.74) is 0. The van der Waals surface area contributed by atoms with Gasteiger partial charge in [0.1, 0.15) is 18.3 Å². The van der Waals surface area contributed by atoms with Crippen molar-refractivity contribution in [2.24, 2.45) is 0 Å². The molecule has 0 heterocycles. The Morgan fingerprint density at radius 2 is 0.733 bits per heavy atom. The van der Waals surface area contributed by atoms with Gasteiger partial charge in [0.05, 0.1) is 24.9 Å². The minimum Gasteiger partial charge on any atom is -0.396 e. The third-order valence-electron chi connectivity index (χ3n) is 12.4. The molecule has 8 N–H and O–H groups in total. The number of hydrogen-bond donors (Lipinski definition) is 8. The van der Waals surface area contributed by atoms with Gasteiger partial charge >= 0.3 is 0 Å². The normalized spacial score (nSPS) is 15.4. The molecule has 0 aliphatic carbocycles. The molecule has 0 aliphatic heterocycles. The third kappa shape index (κ3) is 36.6. The highest BCUT2D eigenvalue weighted by Gasteiger charge is 2.33. The van der Waals surface area contributed by atoms with Crippen LogP contribution in [-0.4, -0.2) is 97.7 Å². The standard InChI is InChI=1S/C50H101NO9/c1-3-5-7-9-11-13-15-17-18-19-20-21-22-23-24-25-26-27-29-31-33-35-37-39-46(55)51-43(42-60-50(59)49(58)48(57)45(54)40-41-52)47(56)44(53)38-36-34-32-30-28-16-14-12-10-8-6-4-2/h43-45,47-50,52-54,56-59H,3-42H2,1-2H3,(H,51,55)/t43-,44+,45?,47-,48?,49?,50?/m0/s1. The molecule has 0 aromatic carbocycles. The van der Waals surface area contributed by atoms with Crippen LogP contribution in [0.3, 0.4) is 0 Å². The van der Waals surface area contributed by atoms with E-state index in [2.05, 4.69) is 19.2 Å². The first-order valence-electron chi connectivity index (χ1n) is 25.8. The number of hydrogen-bond acceptors (Lipinski definition) is 9. The number of nitrogens with one attached hydrogen (secondary N) is 1. The van der Waals surface area contributed by atoms with Gasteiger partial charge in [-0.05, 0) is 19.3 Å². The minimum absolute atomic E-state index is 0.201. The Kier molecular flexibility index (Phi) is 44.1. The Morgan fingerprint density at radius 3 is 1.08 bits per heavy atom. The molecule has 0 saturated heterocycles. The fraction of sp³-hybridized carbons (Fsp3) is 0.980. The molecular weight excluding hydrogens is 759 g/mol. The molecule has 0 fully saturated rings. The van der Waals surface area contributed by atoms with Crippen molar-refractivity contribution in [3.63, 3.8) is 0 Å². The highest BCUT2D eigenvalue weighted by atomic mass is 16.6. The molecule has 0 spiro atoms. The summed E-state index contributed by atoms with van der Waals surface area (Å²) in [7, 11) is 0. The fourth-order valence-corrected chi connectivity index (χ4v) is 8.21. The lowest BCUT2D eigenvalue weighted by Gasteiger charge is -2.30. The molecule has 60 heavy (non-hydrogen) atoms. The van der Waals surface area contributed by atoms with E-state index in [0.717, 1.165) is 44.9 Å². The molecule has 0 saturated carbocycles. The van der Waals surface area contributed by atoms with Gasteiger partial charge < -0.3 is 45.8 Å². The van der Waals surface area contributed by atoms with Crippen LogP contribution in [0.2, 0.25) is 0 Å². The van der Waals surface area contributed by atoms with Gasteiger partial charge in [0.15, 0.2) is 6.29 Å². The average molecular weight is 860 g/mol. The van der Waals surface area contributed by atoms with Crippen LogP contribution in [0.1, 0.15) is 258 Å². The van der Waals surface area contributed by atoms with Crippen LogP contribution in [0.15, 0.2) is 0 Å². The molecule has 7 atom stereocenters. The van der Waals surface area contributed by atoms with Gasteiger partial charge in [0.2, 0.25) is 5.91 Å². The zero-order chi connectivity index (χ0) is 44.3. The summed E-state index contributed by atoms with van der Waals surface area (Å²) in [5, 5.41) is 74.4. The molecule has 4 unspecified atom stereocenters. The van der Waals surface area contributed by atoms with Crippen molar-refractivity contribution < 1.29 is 45.3 Å². The summed E-state index contributed by atoms with van der Waals surface area (Å²) in [6, 6.07) is -1.06. The van der Waals surface area contributed by atoms with Crippen LogP contribution in [-0.2, 0) is 9.53 Å². The van der Waals surface area contributed by atoms with Crippen LogP contribution in [0.4, 0.5) is 0 Å². The zero-order valence-electron chi connectivity index (χ0n) is 39.3. The molecule has 10 nitrogen and oxygen atoms in total. The Hall–Kier alpha value is -0.850. The maximum atomic E-state index is 13.0. The van der Waals surface area contributed by atoms with Gasteiger partial charge in [-0.3, -0.25) is 4.79 Å². The summed E-state index contributed by atoms with van der Waals surface area (Å²) in [6.07, 6.45) is 35.0. The predicted molar refractivity (Wildman–Crippen MR) is 248 cm³/mol. The minimum atomic E-state index is -1.93. The van der Waals surface area contributed by atoms with E-state index < -0.39 is 56.1 Å². The number of carbonyl (C=O) groups is 1. The van der Waals surface area contributed by atoms with Crippen molar-refractivity contribution in [1.82, 2.24) is 5.32 Å². The number of aliphatic hydroxyl groups excluding tert-OH is 7. The topological polar surface area (TPSA) is 180 Å². The number of aliphatic hydroxyl groups is 7. The van der Waals surface area contributed by atoms with Crippen molar-refractivity contribution in [2.75, 3.05) is 13.2 Å². The van der Waals surface area contributed by atoms with Crippen molar-refractivity contribution in [3.05, 3.63) is 0 Å². The molecule has 0 rings (SSSR count). The third-order valence-corrected chi connectivity index (χ3v) is 12.4. The quantitative estimate of drug-likeness (QED) is 0.0218. The summed E-state index contributed by atoms with van der Waals surface area (Å²) in [4.78, 5) is 13.0. The Balaban J connectivity index is 4.32. The van der Waals surface area contributed by atoms with E-state index in [9.17, 15) is 35.4 Å². The van der Waals surface area contributed by atoms with Crippen LogP contribution in [0.25, 0.3) is 0 Å². The van der Waals surface area contributed by atoms with E-state index in [4.69, 9.17) is 9.84 Å². The van der Waals surface area contributed by atoms with Gasteiger partial charge in [0.25, 0.3) is 0 Å².